The van der Waals surface area contributed by atoms with Crippen LogP contribution in [0.5, 0.6) is 0 Å². The number of likely N-dealkylation sites (tertiary alicyclic amines) is 1. The number of thiophene rings is 1. The van der Waals surface area contributed by atoms with Crippen molar-refractivity contribution >= 4 is 23.2 Å². The molecule has 0 radical (unpaired) electrons. The molecule has 1 fully saturated rings. The second kappa shape index (κ2) is 9.56. The summed E-state index contributed by atoms with van der Waals surface area (Å²) in [5, 5.41) is 2.01. The van der Waals surface area contributed by atoms with Gasteiger partial charge in [0, 0.05) is 55.1 Å². The summed E-state index contributed by atoms with van der Waals surface area (Å²) in [6, 6.07) is 5.95. The van der Waals surface area contributed by atoms with Gasteiger partial charge >= 0.3 is 0 Å². The standard InChI is InChI=1S/C24H29N5OS/c1-4-7-19-14-18(16-31-19)23(30)29-13-6-5-8-21(29)22-20(17-9-11-25-12-10-17)15-26-24(27-22)28(2)3/h9-12,14-16,21H,4-8,13H2,1-3H3. The Kier molecular flexibility index (Phi) is 6.61. The van der Waals surface area contributed by atoms with Crippen LogP contribution in [0, 0.1) is 0 Å². The SMILES string of the molecule is CCCc1cc(C(=O)N2CCCCC2c2nc(N(C)C)ncc2-c2ccncc2)cs1. The van der Waals surface area contributed by atoms with E-state index in [1.807, 2.05) is 47.6 Å². The first-order valence-electron chi connectivity index (χ1n) is 10.9. The van der Waals surface area contributed by atoms with Crippen molar-refractivity contribution in [3.05, 3.63) is 58.3 Å². The molecule has 0 bridgehead atoms. The van der Waals surface area contributed by atoms with Crippen LogP contribution in [0.25, 0.3) is 11.1 Å². The molecule has 1 unspecified atom stereocenters. The lowest BCUT2D eigenvalue weighted by Crippen LogP contribution is -2.39. The highest BCUT2D eigenvalue weighted by Crippen LogP contribution is 2.37. The summed E-state index contributed by atoms with van der Waals surface area (Å²) in [5.41, 5.74) is 3.71. The highest BCUT2D eigenvalue weighted by atomic mass is 32.1. The van der Waals surface area contributed by atoms with E-state index in [1.54, 1.807) is 23.7 Å². The second-order valence-corrected chi connectivity index (χ2v) is 9.16. The van der Waals surface area contributed by atoms with Gasteiger partial charge in [-0.1, -0.05) is 13.3 Å². The highest BCUT2D eigenvalue weighted by Gasteiger charge is 2.32. The third kappa shape index (κ3) is 4.61. The molecule has 162 valence electrons. The molecule has 0 aliphatic carbocycles. The molecular formula is C24H29N5OS. The van der Waals surface area contributed by atoms with E-state index in [9.17, 15) is 4.79 Å². The molecule has 3 aromatic rings. The summed E-state index contributed by atoms with van der Waals surface area (Å²) in [6.07, 6.45) is 10.6. The summed E-state index contributed by atoms with van der Waals surface area (Å²) in [6.45, 7) is 2.92. The van der Waals surface area contributed by atoms with Crippen LogP contribution in [0.2, 0.25) is 0 Å². The number of pyridine rings is 1. The number of aryl methyl sites for hydroxylation is 1. The number of amides is 1. The Bertz CT molecular complexity index is 1030. The highest BCUT2D eigenvalue weighted by molar-refractivity contribution is 7.10. The molecule has 6 nitrogen and oxygen atoms in total. The minimum atomic E-state index is -0.0689. The molecule has 4 rings (SSSR count). The number of carbonyl (C=O) groups is 1. The number of aromatic nitrogens is 3. The predicted octanol–water partition coefficient (Wildman–Crippen LogP) is 4.99. The van der Waals surface area contributed by atoms with E-state index in [2.05, 4.69) is 23.0 Å². The van der Waals surface area contributed by atoms with Crippen LogP contribution in [0.1, 0.15) is 59.6 Å². The molecule has 0 saturated carbocycles. The van der Waals surface area contributed by atoms with Crippen LogP contribution >= 0.6 is 11.3 Å². The van der Waals surface area contributed by atoms with Crippen LogP contribution < -0.4 is 4.90 Å². The van der Waals surface area contributed by atoms with E-state index >= 15 is 0 Å². The molecule has 1 amide bonds. The first kappa shape index (κ1) is 21.4. The lowest BCUT2D eigenvalue weighted by Gasteiger charge is -2.36. The van der Waals surface area contributed by atoms with Crippen molar-refractivity contribution < 1.29 is 4.79 Å². The van der Waals surface area contributed by atoms with Crippen LogP contribution in [0.15, 0.2) is 42.2 Å². The van der Waals surface area contributed by atoms with Gasteiger partial charge in [0.2, 0.25) is 5.95 Å². The maximum atomic E-state index is 13.5. The summed E-state index contributed by atoms with van der Waals surface area (Å²) >= 11 is 1.68. The van der Waals surface area contributed by atoms with Crippen LogP contribution in [0.3, 0.4) is 0 Å². The maximum Gasteiger partial charge on any atom is 0.255 e. The monoisotopic (exact) mass is 435 g/mol. The van der Waals surface area contributed by atoms with Gasteiger partial charge < -0.3 is 9.80 Å². The molecule has 0 N–H and O–H groups in total. The summed E-state index contributed by atoms with van der Waals surface area (Å²) in [5.74, 6) is 0.764. The Morgan fingerprint density at radius 3 is 2.81 bits per heavy atom. The molecule has 1 aliphatic heterocycles. The Morgan fingerprint density at radius 2 is 2.06 bits per heavy atom. The van der Waals surface area contributed by atoms with Crippen molar-refractivity contribution in [2.75, 3.05) is 25.5 Å². The molecule has 3 aromatic heterocycles. The van der Waals surface area contributed by atoms with E-state index in [1.165, 1.54) is 4.88 Å². The third-order valence-corrected chi connectivity index (χ3v) is 6.67. The van der Waals surface area contributed by atoms with Gasteiger partial charge in [-0.2, -0.15) is 0 Å². The minimum Gasteiger partial charge on any atom is -0.347 e. The molecular weight excluding hydrogens is 406 g/mol. The lowest BCUT2D eigenvalue weighted by atomic mass is 9.93. The molecule has 1 aliphatic rings. The van der Waals surface area contributed by atoms with Crippen molar-refractivity contribution in [3.8, 4) is 11.1 Å². The smallest absolute Gasteiger partial charge is 0.255 e. The summed E-state index contributed by atoms with van der Waals surface area (Å²) in [4.78, 5) is 32.4. The van der Waals surface area contributed by atoms with Crippen molar-refractivity contribution in [1.82, 2.24) is 19.9 Å². The van der Waals surface area contributed by atoms with Crippen molar-refractivity contribution in [2.45, 2.75) is 45.1 Å². The topological polar surface area (TPSA) is 62.2 Å². The number of nitrogens with zero attached hydrogens (tertiary/aromatic N) is 5. The van der Waals surface area contributed by atoms with E-state index < -0.39 is 0 Å². The number of hydrogen-bond donors (Lipinski definition) is 0. The average molecular weight is 436 g/mol. The molecule has 1 saturated heterocycles. The summed E-state index contributed by atoms with van der Waals surface area (Å²) < 4.78 is 0. The van der Waals surface area contributed by atoms with Gasteiger partial charge in [-0.05, 0) is 49.4 Å². The minimum absolute atomic E-state index is 0.0689. The van der Waals surface area contributed by atoms with Gasteiger partial charge in [0.1, 0.15) is 0 Å². The Hall–Kier alpha value is -2.80. The molecule has 1 atom stereocenters. The van der Waals surface area contributed by atoms with Crippen molar-refractivity contribution in [3.63, 3.8) is 0 Å². The largest absolute Gasteiger partial charge is 0.347 e. The molecule has 4 heterocycles. The van der Waals surface area contributed by atoms with Crippen molar-refractivity contribution in [2.24, 2.45) is 0 Å². The van der Waals surface area contributed by atoms with E-state index in [0.717, 1.165) is 61.0 Å². The van der Waals surface area contributed by atoms with Gasteiger partial charge in [0.25, 0.3) is 5.91 Å². The van der Waals surface area contributed by atoms with Crippen LogP contribution in [0.4, 0.5) is 5.95 Å². The van der Waals surface area contributed by atoms with E-state index in [0.29, 0.717) is 5.95 Å². The number of piperidine rings is 1. The number of carbonyl (C=O) groups excluding carboxylic acids is 1. The van der Waals surface area contributed by atoms with E-state index in [4.69, 9.17) is 4.98 Å². The van der Waals surface area contributed by atoms with Crippen LogP contribution in [-0.4, -0.2) is 46.4 Å². The quantitative estimate of drug-likeness (QED) is 0.546. The number of hydrogen-bond acceptors (Lipinski definition) is 6. The fraction of sp³-hybridized carbons (Fsp3) is 0.417. The van der Waals surface area contributed by atoms with Gasteiger partial charge in [-0.15, -0.1) is 11.3 Å². The Labute approximate surface area is 188 Å². The van der Waals surface area contributed by atoms with Crippen molar-refractivity contribution in [1.29, 1.82) is 0 Å². The predicted molar refractivity (Wildman–Crippen MR) is 126 cm³/mol. The molecule has 0 aromatic carbocycles. The van der Waals surface area contributed by atoms with Gasteiger partial charge in [0.05, 0.1) is 17.3 Å². The maximum absolute atomic E-state index is 13.5. The van der Waals surface area contributed by atoms with Gasteiger partial charge in [-0.25, -0.2) is 9.97 Å². The molecule has 31 heavy (non-hydrogen) atoms. The zero-order chi connectivity index (χ0) is 21.8. The third-order valence-electron chi connectivity index (χ3n) is 5.67. The first-order valence-corrected chi connectivity index (χ1v) is 11.8. The van der Waals surface area contributed by atoms with Crippen LogP contribution in [-0.2, 0) is 6.42 Å². The second-order valence-electron chi connectivity index (χ2n) is 8.16. The molecule has 0 spiro atoms. The average Bonchev–Trinajstić information content (AvgIpc) is 3.27. The fourth-order valence-electron chi connectivity index (χ4n) is 4.10. The Balaban J connectivity index is 1.74. The lowest BCUT2D eigenvalue weighted by molar-refractivity contribution is 0.0607. The Morgan fingerprint density at radius 1 is 1.26 bits per heavy atom. The fourth-order valence-corrected chi connectivity index (χ4v) is 5.07. The van der Waals surface area contributed by atoms with Gasteiger partial charge in [0.15, 0.2) is 0 Å². The van der Waals surface area contributed by atoms with E-state index in [-0.39, 0.29) is 11.9 Å². The normalized spacial score (nSPS) is 16.4. The first-order chi connectivity index (χ1) is 15.1. The zero-order valence-corrected chi connectivity index (χ0v) is 19.2. The summed E-state index contributed by atoms with van der Waals surface area (Å²) in [7, 11) is 3.88. The van der Waals surface area contributed by atoms with Gasteiger partial charge in [-0.3, -0.25) is 9.78 Å². The number of rotatable bonds is 6. The number of anilines is 1. The molecule has 7 heteroatoms. The zero-order valence-electron chi connectivity index (χ0n) is 18.4.